The van der Waals surface area contributed by atoms with Gasteiger partial charge in [-0.15, -0.1) is 0 Å². The number of nitrogens with zero attached hydrogens (tertiary/aromatic N) is 2. The van der Waals surface area contributed by atoms with Crippen LogP contribution in [0.5, 0.6) is 5.75 Å². The Balaban J connectivity index is 1.88. The van der Waals surface area contributed by atoms with Crippen molar-refractivity contribution >= 4 is 11.7 Å². The Kier molecular flexibility index (Phi) is 7.34. The highest BCUT2D eigenvalue weighted by Gasteiger charge is 2.29. The number of carbonyl (C=O) groups excluding carboxylic acids is 1. The van der Waals surface area contributed by atoms with Gasteiger partial charge in [0.2, 0.25) is 0 Å². The number of ether oxygens (including phenoxy) is 2. The van der Waals surface area contributed by atoms with Crippen molar-refractivity contribution in [2.24, 2.45) is 0 Å². The van der Waals surface area contributed by atoms with E-state index in [1.54, 1.807) is 7.11 Å². The van der Waals surface area contributed by atoms with Crippen LogP contribution >= 0.6 is 0 Å². The number of anilines is 1. The van der Waals surface area contributed by atoms with E-state index in [2.05, 4.69) is 17.3 Å². The second-order valence-electron chi connectivity index (χ2n) is 6.13. The van der Waals surface area contributed by atoms with E-state index in [-0.39, 0.29) is 12.1 Å². The van der Waals surface area contributed by atoms with Gasteiger partial charge in [0.05, 0.1) is 13.2 Å². The van der Waals surface area contributed by atoms with E-state index < -0.39 is 0 Å². The average molecular weight is 335 g/mol. The molecule has 6 nitrogen and oxygen atoms in total. The lowest BCUT2D eigenvalue weighted by molar-refractivity contribution is 0.143. The van der Waals surface area contributed by atoms with E-state index in [4.69, 9.17) is 9.47 Å². The van der Waals surface area contributed by atoms with Crippen molar-refractivity contribution in [2.75, 3.05) is 52.3 Å². The van der Waals surface area contributed by atoms with Crippen LogP contribution in [0.15, 0.2) is 24.3 Å². The van der Waals surface area contributed by atoms with Gasteiger partial charge in [-0.1, -0.05) is 0 Å². The highest BCUT2D eigenvalue weighted by atomic mass is 16.5. The van der Waals surface area contributed by atoms with Crippen LogP contribution in [-0.4, -0.2) is 68.9 Å². The van der Waals surface area contributed by atoms with Crippen LogP contribution in [0.4, 0.5) is 10.5 Å². The molecule has 0 radical (unpaired) electrons. The first-order valence-corrected chi connectivity index (χ1v) is 8.62. The fraction of sp³-hybridized carbons (Fsp3) is 0.611. The van der Waals surface area contributed by atoms with E-state index in [0.29, 0.717) is 13.2 Å². The molecule has 0 unspecified atom stereocenters. The van der Waals surface area contributed by atoms with Crippen LogP contribution in [0.3, 0.4) is 0 Å². The topological polar surface area (TPSA) is 54.0 Å². The Morgan fingerprint density at radius 3 is 2.79 bits per heavy atom. The molecule has 6 heteroatoms. The monoisotopic (exact) mass is 335 g/mol. The third kappa shape index (κ3) is 5.39. The average Bonchev–Trinajstić information content (AvgIpc) is 3.03. The Labute approximate surface area is 144 Å². The first-order chi connectivity index (χ1) is 11.6. The summed E-state index contributed by atoms with van der Waals surface area (Å²) in [6.07, 6.45) is 2.10. The maximum absolute atomic E-state index is 12.6. The van der Waals surface area contributed by atoms with Gasteiger partial charge < -0.3 is 24.6 Å². The molecule has 0 spiro atoms. The normalized spacial score (nSPS) is 17.3. The Bertz CT molecular complexity index is 507. The van der Waals surface area contributed by atoms with Gasteiger partial charge in [0, 0.05) is 38.5 Å². The summed E-state index contributed by atoms with van der Waals surface area (Å²) in [5.74, 6) is 0.814. The van der Waals surface area contributed by atoms with Crippen molar-refractivity contribution in [1.82, 2.24) is 9.80 Å². The summed E-state index contributed by atoms with van der Waals surface area (Å²) in [5.41, 5.74) is 0.793. The van der Waals surface area contributed by atoms with E-state index in [9.17, 15) is 4.79 Å². The highest BCUT2D eigenvalue weighted by molar-refractivity contribution is 5.89. The van der Waals surface area contributed by atoms with Crippen molar-refractivity contribution in [3.8, 4) is 5.75 Å². The first-order valence-electron chi connectivity index (χ1n) is 8.62. The predicted octanol–water partition coefficient (Wildman–Crippen LogP) is 2.66. The fourth-order valence-corrected chi connectivity index (χ4v) is 2.99. The molecule has 1 aromatic rings. The number of nitrogens with one attached hydrogen (secondary N) is 1. The molecule has 1 fully saturated rings. The van der Waals surface area contributed by atoms with Crippen molar-refractivity contribution < 1.29 is 14.3 Å². The van der Waals surface area contributed by atoms with Crippen LogP contribution in [0.2, 0.25) is 0 Å². The van der Waals surface area contributed by atoms with Gasteiger partial charge in [0.1, 0.15) is 5.75 Å². The minimum atomic E-state index is -0.0261. The molecule has 2 rings (SSSR count). The van der Waals surface area contributed by atoms with Gasteiger partial charge in [-0.05, 0) is 51.1 Å². The van der Waals surface area contributed by atoms with Gasteiger partial charge in [-0.3, -0.25) is 0 Å². The molecule has 1 saturated heterocycles. The van der Waals surface area contributed by atoms with Crippen molar-refractivity contribution in [3.63, 3.8) is 0 Å². The summed E-state index contributed by atoms with van der Waals surface area (Å²) in [4.78, 5) is 16.7. The zero-order valence-electron chi connectivity index (χ0n) is 15.0. The van der Waals surface area contributed by atoms with Gasteiger partial charge in [-0.2, -0.15) is 0 Å². The van der Waals surface area contributed by atoms with Crippen molar-refractivity contribution in [1.29, 1.82) is 0 Å². The maximum atomic E-state index is 12.6. The second kappa shape index (κ2) is 9.49. The second-order valence-corrected chi connectivity index (χ2v) is 6.13. The van der Waals surface area contributed by atoms with Gasteiger partial charge in [0.15, 0.2) is 0 Å². The summed E-state index contributed by atoms with van der Waals surface area (Å²) in [5, 5.41) is 2.99. The number of hydrogen-bond donors (Lipinski definition) is 1. The molecule has 1 heterocycles. The van der Waals surface area contributed by atoms with Gasteiger partial charge >= 0.3 is 6.03 Å². The van der Waals surface area contributed by atoms with Crippen LogP contribution in [0.25, 0.3) is 0 Å². The van der Waals surface area contributed by atoms with E-state index in [1.165, 1.54) is 0 Å². The van der Waals surface area contributed by atoms with E-state index >= 15 is 0 Å². The van der Waals surface area contributed by atoms with Crippen LogP contribution in [0.1, 0.15) is 19.8 Å². The fourth-order valence-electron chi connectivity index (χ4n) is 2.99. The van der Waals surface area contributed by atoms with E-state index in [1.807, 2.05) is 36.1 Å². The molecule has 1 atom stereocenters. The van der Waals surface area contributed by atoms with E-state index in [0.717, 1.165) is 43.9 Å². The number of likely N-dealkylation sites (N-methyl/N-ethyl adjacent to an activating group) is 1. The molecule has 0 aliphatic carbocycles. The molecule has 1 aliphatic rings. The smallest absolute Gasteiger partial charge is 0.322 e. The van der Waals surface area contributed by atoms with Crippen molar-refractivity contribution in [2.45, 2.75) is 25.8 Å². The molecule has 0 aromatic heterocycles. The molecule has 1 aromatic carbocycles. The Morgan fingerprint density at radius 2 is 2.12 bits per heavy atom. The first kappa shape index (κ1) is 18.5. The molecule has 134 valence electrons. The number of urea groups is 1. The van der Waals surface area contributed by atoms with Crippen molar-refractivity contribution in [3.05, 3.63) is 24.3 Å². The molecule has 1 N–H and O–H groups in total. The lowest BCUT2D eigenvalue weighted by Crippen LogP contribution is -2.44. The minimum Gasteiger partial charge on any atom is -0.494 e. The van der Waals surface area contributed by atoms with Crippen LogP contribution in [-0.2, 0) is 4.74 Å². The Hall–Kier alpha value is -1.79. The lowest BCUT2D eigenvalue weighted by Gasteiger charge is -2.28. The SMILES string of the molecule is CCOc1ccc(NC(=O)N2CCC[C@H]2CN(C)CCOC)cc1. The summed E-state index contributed by atoms with van der Waals surface area (Å²) in [6, 6.07) is 7.73. The minimum absolute atomic E-state index is 0.0261. The number of methoxy groups -OCH3 is 1. The Morgan fingerprint density at radius 1 is 1.38 bits per heavy atom. The molecule has 0 saturated carbocycles. The number of benzene rings is 1. The third-order valence-corrected chi connectivity index (χ3v) is 4.25. The number of rotatable bonds is 8. The lowest BCUT2D eigenvalue weighted by atomic mass is 10.2. The molecular formula is C18H29N3O3. The van der Waals surface area contributed by atoms with Crippen LogP contribution in [0, 0.1) is 0 Å². The molecule has 0 bridgehead atoms. The predicted molar refractivity (Wildman–Crippen MR) is 95.7 cm³/mol. The van der Waals surface area contributed by atoms with Crippen LogP contribution < -0.4 is 10.1 Å². The third-order valence-electron chi connectivity index (χ3n) is 4.25. The number of amides is 2. The molecule has 24 heavy (non-hydrogen) atoms. The summed E-state index contributed by atoms with van der Waals surface area (Å²) >= 11 is 0. The molecular weight excluding hydrogens is 306 g/mol. The quantitative estimate of drug-likeness (QED) is 0.793. The number of carbonyl (C=O) groups is 1. The van der Waals surface area contributed by atoms with Gasteiger partial charge in [0.25, 0.3) is 0 Å². The maximum Gasteiger partial charge on any atom is 0.322 e. The standard InChI is InChI=1S/C18H29N3O3/c1-4-24-17-9-7-15(8-10-17)19-18(22)21-11-5-6-16(21)14-20(2)12-13-23-3/h7-10,16H,4-6,11-14H2,1-3H3,(H,19,22)/t16-/m0/s1. The molecule has 2 amide bonds. The highest BCUT2D eigenvalue weighted by Crippen LogP contribution is 2.21. The largest absolute Gasteiger partial charge is 0.494 e. The number of hydrogen-bond acceptors (Lipinski definition) is 4. The van der Waals surface area contributed by atoms with Gasteiger partial charge in [-0.25, -0.2) is 4.79 Å². The summed E-state index contributed by atoms with van der Waals surface area (Å²) in [7, 11) is 3.78. The zero-order chi connectivity index (χ0) is 17.4. The summed E-state index contributed by atoms with van der Waals surface area (Å²) < 4.78 is 10.5. The zero-order valence-corrected chi connectivity index (χ0v) is 15.0. The molecule has 1 aliphatic heterocycles. The summed E-state index contributed by atoms with van der Waals surface area (Å²) in [6.45, 7) is 5.86. The number of likely N-dealkylation sites (tertiary alicyclic amines) is 1.